The highest BCUT2D eigenvalue weighted by Crippen LogP contribution is 2.04. The molecule has 174 valence electrons. The molecule has 0 aliphatic carbocycles. The smallest absolute Gasteiger partial charge is 0.146 e. The van der Waals surface area contributed by atoms with Crippen LogP contribution < -0.4 is 17.2 Å². The minimum atomic E-state index is -0.306. The molecule has 0 aliphatic heterocycles. The summed E-state index contributed by atoms with van der Waals surface area (Å²) in [6.07, 6.45) is 9.05. The van der Waals surface area contributed by atoms with E-state index in [9.17, 15) is 9.59 Å². The number of ketones is 2. The van der Waals surface area contributed by atoms with Crippen LogP contribution in [0.3, 0.4) is 0 Å². The van der Waals surface area contributed by atoms with Gasteiger partial charge in [0.15, 0.2) is 0 Å². The van der Waals surface area contributed by atoms with Gasteiger partial charge in [-0.3, -0.25) is 14.6 Å². The molecule has 0 radical (unpaired) electrons. The van der Waals surface area contributed by atoms with Crippen LogP contribution in [0.4, 0.5) is 0 Å². The lowest BCUT2D eigenvalue weighted by Gasteiger charge is -2.06. The maximum absolute atomic E-state index is 10.8. The normalized spacial score (nSPS) is 11.7. The zero-order chi connectivity index (χ0) is 19.0. The fraction of sp³-hybridized carbons (Fsp3) is 0.864. The molecule has 0 heterocycles. The van der Waals surface area contributed by atoms with Crippen LogP contribution in [-0.4, -0.2) is 36.5 Å². The lowest BCUT2D eigenvalue weighted by atomic mass is 10.1. The van der Waals surface area contributed by atoms with Gasteiger partial charge in [0.05, 0.1) is 17.9 Å². The van der Waals surface area contributed by atoms with Crippen LogP contribution in [0.25, 0.3) is 0 Å². The lowest BCUT2D eigenvalue weighted by molar-refractivity contribution is -0.119. The van der Waals surface area contributed by atoms with Crippen molar-refractivity contribution in [2.24, 2.45) is 22.2 Å². The largest absolute Gasteiger partial charge is 0.387 e. The average Bonchev–Trinajstić information content (AvgIpc) is 2.55. The number of unbranched alkanes of at least 4 members (excludes halogenated alkanes) is 4. The van der Waals surface area contributed by atoms with Gasteiger partial charge in [0.2, 0.25) is 0 Å². The molecule has 0 rings (SSSR count). The monoisotopic (exact) mass is 406 g/mol. The molecule has 0 saturated heterocycles. The van der Waals surface area contributed by atoms with Crippen molar-refractivity contribution in [3.8, 4) is 0 Å². The molecule has 6 heteroatoms. The zero-order valence-corrected chi connectivity index (χ0v) is 16.0. The van der Waals surface area contributed by atoms with Gasteiger partial charge in [0.25, 0.3) is 0 Å². The molecule has 0 fully saturated rings. The summed E-state index contributed by atoms with van der Waals surface area (Å²) in [6.45, 7) is 5.25. The standard InChI is InChI=1S/C9H19N3O.C9H19NO.4CH4/c1-7(13)8(10)5-3-4-6-9(11)12-2;1-3-4-5-6-7-9(10)8(2)11;;;;/h8H,3-6,10H2,1-2H3,(H2,11,12);9H,3-7,10H2,1-2H3;4*1H4. The molecule has 0 aromatic rings. The Morgan fingerprint density at radius 1 is 0.786 bits per heavy atom. The van der Waals surface area contributed by atoms with Crippen LogP contribution in [0.5, 0.6) is 0 Å². The summed E-state index contributed by atoms with van der Waals surface area (Å²) in [5, 5.41) is 0. The van der Waals surface area contributed by atoms with Gasteiger partial charge >= 0.3 is 0 Å². The molecule has 2 unspecified atom stereocenters. The SMILES string of the molecule is C.C.C.C.CCCCCCC(N)C(C)=O.CN=C(N)CCCCC(N)C(C)=O. The van der Waals surface area contributed by atoms with Crippen molar-refractivity contribution in [1.82, 2.24) is 0 Å². The van der Waals surface area contributed by atoms with Gasteiger partial charge in [-0.05, 0) is 33.1 Å². The molecule has 2 atom stereocenters. The Bertz CT molecular complexity index is 372. The predicted molar refractivity (Wildman–Crippen MR) is 129 cm³/mol. The quantitative estimate of drug-likeness (QED) is 0.242. The summed E-state index contributed by atoms with van der Waals surface area (Å²) in [4.78, 5) is 25.3. The van der Waals surface area contributed by atoms with E-state index >= 15 is 0 Å². The first-order valence-corrected chi connectivity index (χ1v) is 8.99. The van der Waals surface area contributed by atoms with E-state index in [0.29, 0.717) is 5.84 Å². The Balaban J connectivity index is -0.0000000764. The maximum Gasteiger partial charge on any atom is 0.146 e. The van der Waals surface area contributed by atoms with Crippen molar-refractivity contribution in [3.05, 3.63) is 0 Å². The number of rotatable bonds is 12. The third kappa shape index (κ3) is 29.5. The summed E-state index contributed by atoms with van der Waals surface area (Å²) >= 11 is 0. The van der Waals surface area contributed by atoms with E-state index in [0.717, 1.165) is 38.5 Å². The minimum absolute atomic E-state index is 0. The second-order valence-corrected chi connectivity index (χ2v) is 6.24. The molecule has 6 N–H and O–H groups in total. The van der Waals surface area contributed by atoms with Crippen LogP contribution in [-0.2, 0) is 9.59 Å². The highest BCUT2D eigenvalue weighted by molar-refractivity contribution is 5.81. The van der Waals surface area contributed by atoms with Gasteiger partial charge in [0, 0.05) is 13.5 Å². The third-order valence-corrected chi connectivity index (χ3v) is 3.90. The number of carbonyl (C=O) groups is 2. The molecular formula is C22H54N4O2. The van der Waals surface area contributed by atoms with E-state index in [-0.39, 0.29) is 53.4 Å². The predicted octanol–water partition coefficient (Wildman–Crippen LogP) is 4.87. The number of hydrogen-bond donors (Lipinski definition) is 3. The van der Waals surface area contributed by atoms with Crippen LogP contribution in [0.2, 0.25) is 0 Å². The van der Waals surface area contributed by atoms with Crippen LogP contribution in [0.1, 0.15) is 108 Å². The van der Waals surface area contributed by atoms with Crippen LogP contribution in [0, 0.1) is 0 Å². The number of carbonyl (C=O) groups excluding carboxylic acids is 2. The molecular weight excluding hydrogens is 352 g/mol. The van der Waals surface area contributed by atoms with Gasteiger partial charge in [-0.1, -0.05) is 68.7 Å². The van der Waals surface area contributed by atoms with E-state index in [2.05, 4.69) is 11.9 Å². The van der Waals surface area contributed by atoms with Crippen molar-refractivity contribution >= 4 is 17.4 Å². The first-order valence-electron chi connectivity index (χ1n) is 8.99. The third-order valence-electron chi connectivity index (χ3n) is 3.90. The maximum atomic E-state index is 10.8. The van der Waals surface area contributed by atoms with Gasteiger partial charge in [-0.15, -0.1) is 0 Å². The molecule has 0 aromatic carbocycles. The minimum Gasteiger partial charge on any atom is -0.387 e. The lowest BCUT2D eigenvalue weighted by Crippen LogP contribution is -2.27. The fourth-order valence-corrected chi connectivity index (χ4v) is 1.98. The van der Waals surface area contributed by atoms with Crippen molar-refractivity contribution in [2.45, 2.75) is 120 Å². The van der Waals surface area contributed by atoms with Crippen LogP contribution >= 0.6 is 0 Å². The number of nitrogens with two attached hydrogens (primary N) is 3. The Morgan fingerprint density at radius 3 is 1.50 bits per heavy atom. The number of nitrogens with zero attached hydrogens (tertiary/aromatic N) is 1. The number of Topliss-reactive ketones (excluding diaryl/α,β-unsaturated/α-hetero) is 2. The molecule has 0 saturated carbocycles. The van der Waals surface area contributed by atoms with Gasteiger partial charge in [-0.2, -0.15) is 0 Å². The van der Waals surface area contributed by atoms with E-state index < -0.39 is 0 Å². The molecule has 0 amide bonds. The Hall–Kier alpha value is -1.27. The summed E-state index contributed by atoms with van der Waals surface area (Å²) < 4.78 is 0. The van der Waals surface area contributed by atoms with E-state index in [4.69, 9.17) is 17.2 Å². The highest BCUT2D eigenvalue weighted by atomic mass is 16.1. The number of aliphatic imine (C=N–C) groups is 1. The Morgan fingerprint density at radius 2 is 1.18 bits per heavy atom. The Labute approximate surface area is 177 Å². The molecule has 0 aromatic heterocycles. The second-order valence-electron chi connectivity index (χ2n) is 6.24. The molecule has 28 heavy (non-hydrogen) atoms. The number of amidine groups is 1. The van der Waals surface area contributed by atoms with Crippen molar-refractivity contribution in [1.29, 1.82) is 0 Å². The molecule has 6 nitrogen and oxygen atoms in total. The summed E-state index contributed by atoms with van der Waals surface area (Å²) in [7, 11) is 1.68. The summed E-state index contributed by atoms with van der Waals surface area (Å²) in [5.74, 6) is 0.829. The van der Waals surface area contributed by atoms with Gasteiger partial charge in [0.1, 0.15) is 11.6 Å². The summed E-state index contributed by atoms with van der Waals surface area (Å²) in [5.41, 5.74) is 16.6. The molecule has 0 bridgehead atoms. The van der Waals surface area contributed by atoms with Crippen molar-refractivity contribution in [3.63, 3.8) is 0 Å². The molecule has 0 spiro atoms. The average molecular weight is 407 g/mol. The topological polar surface area (TPSA) is 125 Å². The summed E-state index contributed by atoms with van der Waals surface area (Å²) in [6, 6.07) is -0.522. The molecule has 0 aliphatic rings. The van der Waals surface area contributed by atoms with E-state index in [1.165, 1.54) is 26.2 Å². The van der Waals surface area contributed by atoms with E-state index in [1.807, 2.05) is 0 Å². The highest BCUT2D eigenvalue weighted by Gasteiger charge is 2.07. The first kappa shape index (κ1) is 41.2. The van der Waals surface area contributed by atoms with Gasteiger partial charge < -0.3 is 17.2 Å². The van der Waals surface area contributed by atoms with Crippen molar-refractivity contribution in [2.75, 3.05) is 7.05 Å². The first-order chi connectivity index (χ1) is 11.3. The van der Waals surface area contributed by atoms with Gasteiger partial charge in [-0.25, -0.2) is 0 Å². The fourth-order valence-electron chi connectivity index (χ4n) is 1.98. The Kier molecular flexibility index (Phi) is 41.1. The zero-order valence-electron chi connectivity index (χ0n) is 16.0. The number of hydrogen-bond acceptors (Lipinski definition) is 5. The van der Waals surface area contributed by atoms with Crippen molar-refractivity contribution < 1.29 is 9.59 Å². The van der Waals surface area contributed by atoms with E-state index in [1.54, 1.807) is 14.0 Å². The van der Waals surface area contributed by atoms with Crippen LogP contribution in [0.15, 0.2) is 4.99 Å². The second kappa shape index (κ2) is 27.9.